The molecule has 0 spiro atoms. The highest BCUT2D eigenvalue weighted by Gasteiger charge is 2.06. The van der Waals surface area contributed by atoms with Crippen LogP contribution < -0.4 is 5.32 Å². The van der Waals surface area contributed by atoms with Crippen LogP contribution in [0.1, 0.15) is 15.3 Å². The van der Waals surface area contributed by atoms with E-state index in [4.69, 9.17) is 23.2 Å². The maximum atomic E-state index is 6.11. The second kappa shape index (κ2) is 5.30. The molecule has 2 rings (SSSR count). The number of nitrogens with one attached hydrogen (secondary N) is 1. The number of hydrogen-bond donors (Lipinski definition) is 1. The van der Waals surface area contributed by atoms with E-state index in [0.717, 1.165) is 12.2 Å². The van der Waals surface area contributed by atoms with Crippen LogP contribution in [0.15, 0.2) is 24.3 Å². The molecule has 17 heavy (non-hydrogen) atoms. The summed E-state index contributed by atoms with van der Waals surface area (Å²) in [5.74, 6) is 0. The van der Waals surface area contributed by atoms with Gasteiger partial charge in [-0.2, -0.15) is 0 Å². The summed E-state index contributed by atoms with van der Waals surface area (Å²) in [6.07, 6.45) is 0. The van der Waals surface area contributed by atoms with E-state index in [0.29, 0.717) is 10.0 Å². The van der Waals surface area contributed by atoms with Crippen LogP contribution in [0, 0.1) is 13.8 Å². The van der Waals surface area contributed by atoms with Gasteiger partial charge in [-0.05, 0) is 37.6 Å². The Morgan fingerprint density at radius 1 is 1.24 bits per heavy atom. The van der Waals surface area contributed by atoms with Crippen molar-refractivity contribution in [1.82, 2.24) is 0 Å². The first-order chi connectivity index (χ1) is 8.08. The Labute approximate surface area is 115 Å². The summed E-state index contributed by atoms with van der Waals surface area (Å²) >= 11 is 13.9. The van der Waals surface area contributed by atoms with Crippen molar-refractivity contribution >= 4 is 40.2 Å². The standard InChI is InChI=1S/C13H13Cl2NS/c1-8-6-10(9(2)17-8)7-16-12-5-3-4-11(14)13(12)15/h3-6,16H,7H2,1-2H3. The van der Waals surface area contributed by atoms with Crippen LogP contribution in [0.2, 0.25) is 10.0 Å². The predicted octanol–water partition coefficient (Wildman–Crippen LogP) is 5.28. The van der Waals surface area contributed by atoms with Crippen molar-refractivity contribution in [2.45, 2.75) is 20.4 Å². The van der Waals surface area contributed by atoms with Gasteiger partial charge in [-0.25, -0.2) is 0 Å². The molecule has 0 atom stereocenters. The zero-order chi connectivity index (χ0) is 12.4. The molecule has 2 aromatic rings. The van der Waals surface area contributed by atoms with Gasteiger partial charge in [-0.1, -0.05) is 29.3 Å². The fourth-order valence-electron chi connectivity index (χ4n) is 1.69. The normalized spacial score (nSPS) is 10.6. The zero-order valence-electron chi connectivity index (χ0n) is 9.68. The summed E-state index contributed by atoms with van der Waals surface area (Å²) in [4.78, 5) is 2.67. The zero-order valence-corrected chi connectivity index (χ0v) is 12.0. The van der Waals surface area contributed by atoms with E-state index in [-0.39, 0.29) is 0 Å². The minimum absolute atomic E-state index is 0.579. The van der Waals surface area contributed by atoms with Crippen LogP contribution in [0.4, 0.5) is 5.69 Å². The Morgan fingerprint density at radius 3 is 2.65 bits per heavy atom. The van der Waals surface area contributed by atoms with E-state index in [9.17, 15) is 0 Å². The maximum absolute atomic E-state index is 6.11. The first-order valence-electron chi connectivity index (χ1n) is 5.31. The van der Waals surface area contributed by atoms with E-state index in [1.165, 1.54) is 15.3 Å². The van der Waals surface area contributed by atoms with Gasteiger partial charge in [0.15, 0.2) is 0 Å². The van der Waals surface area contributed by atoms with Gasteiger partial charge in [-0.15, -0.1) is 11.3 Å². The summed E-state index contributed by atoms with van der Waals surface area (Å²) in [5, 5.41) is 4.48. The third kappa shape index (κ3) is 2.95. The lowest BCUT2D eigenvalue weighted by Crippen LogP contribution is -1.99. The minimum Gasteiger partial charge on any atom is -0.380 e. The first-order valence-corrected chi connectivity index (χ1v) is 6.89. The van der Waals surface area contributed by atoms with Crippen LogP contribution in [0.25, 0.3) is 0 Å². The smallest absolute Gasteiger partial charge is 0.0823 e. The second-order valence-corrected chi connectivity index (χ2v) is 6.14. The van der Waals surface area contributed by atoms with Gasteiger partial charge in [0.1, 0.15) is 0 Å². The number of benzene rings is 1. The molecule has 0 radical (unpaired) electrons. The molecule has 4 heteroatoms. The van der Waals surface area contributed by atoms with E-state index in [1.54, 1.807) is 6.07 Å². The number of anilines is 1. The lowest BCUT2D eigenvalue weighted by Gasteiger charge is -2.08. The number of halogens is 2. The van der Waals surface area contributed by atoms with Crippen molar-refractivity contribution in [1.29, 1.82) is 0 Å². The maximum Gasteiger partial charge on any atom is 0.0823 e. The predicted molar refractivity (Wildman–Crippen MR) is 77.6 cm³/mol. The largest absolute Gasteiger partial charge is 0.380 e. The Hall–Kier alpha value is -0.700. The molecule has 1 aromatic heterocycles. The number of aryl methyl sites for hydroxylation is 2. The topological polar surface area (TPSA) is 12.0 Å². The molecule has 1 aromatic carbocycles. The summed E-state index contributed by atoms with van der Waals surface area (Å²) in [5.41, 5.74) is 2.19. The fourth-order valence-corrected chi connectivity index (χ4v) is 3.00. The van der Waals surface area contributed by atoms with Gasteiger partial charge in [0.2, 0.25) is 0 Å². The first kappa shape index (κ1) is 12.7. The molecular weight excluding hydrogens is 273 g/mol. The molecule has 1 heterocycles. The molecule has 90 valence electrons. The van der Waals surface area contributed by atoms with Gasteiger partial charge in [-0.3, -0.25) is 0 Å². The molecule has 0 aliphatic carbocycles. The summed E-state index contributed by atoms with van der Waals surface area (Å²) in [6, 6.07) is 7.81. The van der Waals surface area contributed by atoms with Crippen LogP contribution in [0.5, 0.6) is 0 Å². The minimum atomic E-state index is 0.579. The monoisotopic (exact) mass is 285 g/mol. The molecule has 0 bridgehead atoms. The molecule has 0 saturated heterocycles. The highest BCUT2D eigenvalue weighted by molar-refractivity contribution is 7.12. The average molecular weight is 286 g/mol. The fraction of sp³-hybridized carbons (Fsp3) is 0.231. The Kier molecular flexibility index (Phi) is 3.97. The Balaban J connectivity index is 2.12. The lowest BCUT2D eigenvalue weighted by molar-refractivity contribution is 1.14. The lowest BCUT2D eigenvalue weighted by atomic mass is 10.2. The molecule has 0 saturated carbocycles. The average Bonchev–Trinajstić information content (AvgIpc) is 2.60. The van der Waals surface area contributed by atoms with E-state index >= 15 is 0 Å². The number of thiophene rings is 1. The van der Waals surface area contributed by atoms with E-state index in [1.807, 2.05) is 23.5 Å². The van der Waals surface area contributed by atoms with Crippen molar-refractivity contribution < 1.29 is 0 Å². The number of hydrogen-bond acceptors (Lipinski definition) is 2. The van der Waals surface area contributed by atoms with Crippen molar-refractivity contribution in [3.8, 4) is 0 Å². The molecule has 0 unspecified atom stereocenters. The van der Waals surface area contributed by atoms with E-state index in [2.05, 4.69) is 25.2 Å². The van der Waals surface area contributed by atoms with Crippen LogP contribution in [-0.4, -0.2) is 0 Å². The molecule has 0 aliphatic heterocycles. The summed E-state index contributed by atoms with van der Waals surface area (Å²) in [6.45, 7) is 5.03. The SMILES string of the molecule is Cc1cc(CNc2cccc(Cl)c2Cl)c(C)s1. The van der Waals surface area contributed by atoms with Gasteiger partial charge in [0.05, 0.1) is 15.7 Å². The van der Waals surface area contributed by atoms with E-state index < -0.39 is 0 Å². The van der Waals surface area contributed by atoms with Crippen molar-refractivity contribution in [2.24, 2.45) is 0 Å². The summed E-state index contributed by atoms with van der Waals surface area (Å²) < 4.78 is 0. The van der Waals surface area contributed by atoms with Crippen molar-refractivity contribution in [3.63, 3.8) is 0 Å². The Morgan fingerprint density at radius 2 is 2.00 bits per heavy atom. The highest BCUT2D eigenvalue weighted by Crippen LogP contribution is 2.30. The summed E-state index contributed by atoms with van der Waals surface area (Å²) in [7, 11) is 0. The van der Waals surface area contributed by atoms with Crippen LogP contribution in [-0.2, 0) is 6.54 Å². The van der Waals surface area contributed by atoms with Crippen LogP contribution >= 0.6 is 34.5 Å². The molecule has 1 nitrogen and oxygen atoms in total. The van der Waals surface area contributed by atoms with Gasteiger partial charge in [0.25, 0.3) is 0 Å². The van der Waals surface area contributed by atoms with Crippen molar-refractivity contribution in [3.05, 3.63) is 49.6 Å². The molecule has 1 N–H and O–H groups in total. The molecule has 0 fully saturated rings. The quantitative estimate of drug-likeness (QED) is 0.809. The van der Waals surface area contributed by atoms with Gasteiger partial charge in [0, 0.05) is 16.3 Å². The van der Waals surface area contributed by atoms with Gasteiger partial charge < -0.3 is 5.32 Å². The molecular formula is C13H13Cl2NS. The Bertz CT molecular complexity index is 534. The van der Waals surface area contributed by atoms with Crippen molar-refractivity contribution in [2.75, 3.05) is 5.32 Å². The molecule has 0 aliphatic rings. The van der Waals surface area contributed by atoms with Gasteiger partial charge >= 0.3 is 0 Å². The number of rotatable bonds is 3. The third-order valence-corrected chi connectivity index (χ3v) is 4.39. The van der Waals surface area contributed by atoms with Crippen LogP contribution in [0.3, 0.4) is 0 Å². The highest BCUT2D eigenvalue weighted by atomic mass is 35.5. The molecule has 0 amide bonds. The third-order valence-electron chi connectivity index (χ3n) is 2.56. The second-order valence-electron chi connectivity index (χ2n) is 3.89.